The predicted molar refractivity (Wildman–Crippen MR) is 97.6 cm³/mol. The molecule has 2 aromatic heterocycles. The molecule has 0 radical (unpaired) electrons. The van der Waals surface area contributed by atoms with Gasteiger partial charge in [0.25, 0.3) is 0 Å². The SMILES string of the molecule is Cc1nn(C)c(N(C)C)c1CNCc1nnc2n1CCCCC2.Cl. The van der Waals surface area contributed by atoms with E-state index in [9.17, 15) is 0 Å². The molecule has 0 spiro atoms. The van der Waals surface area contributed by atoms with Crippen molar-refractivity contribution in [2.45, 2.75) is 52.2 Å². The van der Waals surface area contributed by atoms with Gasteiger partial charge < -0.3 is 14.8 Å². The lowest BCUT2D eigenvalue weighted by molar-refractivity contribution is 0.572. The van der Waals surface area contributed by atoms with Crippen molar-refractivity contribution in [2.24, 2.45) is 7.05 Å². The lowest BCUT2D eigenvalue weighted by Crippen LogP contribution is -2.20. The number of anilines is 1. The summed E-state index contributed by atoms with van der Waals surface area (Å²) in [5, 5.41) is 16.8. The van der Waals surface area contributed by atoms with E-state index >= 15 is 0 Å². The Morgan fingerprint density at radius 1 is 1.12 bits per heavy atom. The number of nitrogens with one attached hydrogen (secondary N) is 1. The molecular formula is C16H28ClN7. The molecular weight excluding hydrogens is 326 g/mol. The van der Waals surface area contributed by atoms with Crippen LogP contribution in [0.25, 0.3) is 0 Å². The zero-order valence-electron chi connectivity index (χ0n) is 15.0. The highest BCUT2D eigenvalue weighted by atomic mass is 35.5. The number of fused-ring (bicyclic) bond motifs is 1. The molecule has 3 heterocycles. The lowest BCUT2D eigenvalue weighted by atomic mass is 10.2. The fourth-order valence-electron chi connectivity index (χ4n) is 3.43. The van der Waals surface area contributed by atoms with Gasteiger partial charge in [-0.3, -0.25) is 4.68 Å². The minimum Gasteiger partial charge on any atom is -0.363 e. The Morgan fingerprint density at radius 2 is 1.92 bits per heavy atom. The molecule has 1 N–H and O–H groups in total. The molecule has 1 aliphatic rings. The standard InChI is InChI=1S/C16H27N7.ClH/c1-12-13(16(21(2)3)22(4)20-12)10-17-11-15-19-18-14-8-6-5-7-9-23(14)15;/h17H,5-11H2,1-4H3;1H. The minimum absolute atomic E-state index is 0. The Kier molecular flexibility index (Phi) is 6.23. The first-order valence-corrected chi connectivity index (χ1v) is 8.39. The average Bonchev–Trinajstić information content (AvgIpc) is 2.90. The summed E-state index contributed by atoms with van der Waals surface area (Å²) < 4.78 is 4.23. The normalized spacial score (nSPS) is 14.0. The van der Waals surface area contributed by atoms with Crippen LogP contribution in [0.4, 0.5) is 5.82 Å². The Bertz CT molecular complexity index is 674. The van der Waals surface area contributed by atoms with Crippen molar-refractivity contribution in [3.63, 3.8) is 0 Å². The van der Waals surface area contributed by atoms with Crippen molar-refractivity contribution in [1.82, 2.24) is 29.9 Å². The maximum Gasteiger partial charge on any atom is 0.147 e. The average molecular weight is 354 g/mol. The first-order chi connectivity index (χ1) is 11.1. The van der Waals surface area contributed by atoms with Crippen molar-refractivity contribution < 1.29 is 0 Å². The van der Waals surface area contributed by atoms with Gasteiger partial charge in [0, 0.05) is 46.2 Å². The van der Waals surface area contributed by atoms with Gasteiger partial charge in [-0.05, 0) is 19.8 Å². The van der Waals surface area contributed by atoms with Gasteiger partial charge in [-0.15, -0.1) is 22.6 Å². The summed E-state index contributed by atoms with van der Waals surface area (Å²) in [6.45, 7) is 4.64. The largest absolute Gasteiger partial charge is 0.363 e. The number of aryl methyl sites for hydroxylation is 3. The number of nitrogens with zero attached hydrogens (tertiary/aromatic N) is 6. The monoisotopic (exact) mass is 353 g/mol. The van der Waals surface area contributed by atoms with Crippen LogP contribution in [0.3, 0.4) is 0 Å². The second kappa shape index (κ2) is 7.98. The van der Waals surface area contributed by atoms with E-state index in [1.165, 1.54) is 24.8 Å². The van der Waals surface area contributed by atoms with Crippen LogP contribution in [0.1, 0.15) is 42.2 Å². The van der Waals surface area contributed by atoms with Gasteiger partial charge in [0.05, 0.1) is 12.2 Å². The molecule has 24 heavy (non-hydrogen) atoms. The highest BCUT2D eigenvalue weighted by Gasteiger charge is 2.17. The fourth-order valence-corrected chi connectivity index (χ4v) is 3.43. The molecule has 134 valence electrons. The number of hydrogen-bond acceptors (Lipinski definition) is 5. The van der Waals surface area contributed by atoms with Gasteiger partial charge in [-0.1, -0.05) is 6.42 Å². The summed E-state index contributed by atoms with van der Waals surface area (Å²) in [7, 11) is 6.10. The molecule has 0 bridgehead atoms. The summed E-state index contributed by atoms with van der Waals surface area (Å²) in [6, 6.07) is 0. The molecule has 7 nitrogen and oxygen atoms in total. The Labute approximate surface area is 149 Å². The van der Waals surface area contributed by atoms with E-state index in [2.05, 4.69) is 51.1 Å². The second-order valence-electron chi connectivity index (χ2n) is 6.50. The molecule has 0 saturated carbocycles. The van der Waals surface area contributed by atoms with Crippen molar-refractivity contribution in [3.05, 3.63) is 22.9 Å². The van der Waals surface area contributed by atoms with Crippen LogP contribution in [0.2, 0.25) is 0 Å². The smallest absolute Gasteiger partial charge is 0.147 e. The molecule has 0 saturated heterocycles. The molecule has 0 atom stereocenters. The van der Waals surface area contributed by atoms with Crippen molar-refractivity contribution in [1.29, 1.82) is 0 Å². The van der Waals surface area contributed by atoms with Gasteiger partial charge in [0.15, 0.2) is 0 Å². The van der Waals surface area contributed by atoms with Gasteiger partial charge in [0.2, 0.25) is 0 Å². The van der Waals surface area contributed by atoms with Crippen LogP contribution in [-0.4, -0.2) is 38.6 Å². The van der Waals surface area contributed by atoms with Crippen molar-refractivity contribution in [2.75, 3.05) is 19.0 Å². The third kappa shape index (κ3) is 3.72. The van der Waals surface area contributed by atoms with E-state index in [4.69, 9.17) is 0 Å². The molecule has 0 aromatic carbocycles. The Balaban J connectivity index is 0.00000208. The summed E-state index contributed by atoms with van der Waals surface area (Å²) in [5.74, 6) is 3.34. The van der Waals surface area contributed by atoms with Gasteiger partial charge in [0.1, 0.15) is 17.5 Å². The number of rotatable bonds is 5. The zero-order chi connectivity index (χ0) is 16.4. The number of hydrogen-bond donors (Lipinski definition) is 1. The fraction of sp³-hybridized carbons (Fsp3) is 0.688. The second-order valence-corrected chi connectivity index (χ2v) is 6.50. The lowest BCUT2D eigenvalue weighted by Gasteiger charge is -2.15. The van der Waals surface area contributed by atoms with Crippen LogP contribution in [0.5, 0.6) is 0 Å². The van der Waals surface area contributed by atoms with Crippen LogP contribution < -0.4 is 10.2 Å². The number of aromatic nitrogens is 5. The predicted octanol–water partition coefficient (Wildman–Crippen LogP) is 1.82. The van der Waals surface area contributed by atoms with Crippen LogP contribution in [0.15, 0.2) is 0 Å². The summed E-state index contributed by atoms with van der Waals surface area (Å²) in [6.07, 6.45) is 4.80. The van der Waals surface area contributed by atoms with Gasteiger partial charge in [-0.2, -0.15) is 5.10 Å². The number of halogens is 1. The molecule has 0 aliphatic carbocycles. The highest BCUT2D eigenvalue weighted by Crippen LogP contribution is 2.21. The Morgan fingerprint density at radius 3 is 2.67 bits per heavy atom. The van der Waals surface area contributed by atoms with Gasteiger partial charge >= 0.3 is 0 Å². The third-order valence-electron chi connectivity index (χ3n) is 4.51. The van der Waals surface area contributed by atoms with E-state index in [1.807, 2.05) is 11.7 Å². The maximum absolute atomic E-state index is 4.53. The van der Waals surface area contributed by atoms with Gasteiger partial charge in [-0.25, -0.2) is 0 Å². The van der Waals surface area contributed by atoms with E-state index < -0.39 is 0 Å². The van der Waals surface area contributed by atoms with E-state index in [1.54, 1.807) is 0 Å². The van der Waals surface area contributed by atoms with Crippen LogP contribution in [-0.2, 0) is 33.1 Å². The molecule has 0 fully saturated rings. The molecule has 1 aliphatic heterocycles. The first kappa shape index (κ1) is 18.7. The van der Waals surface area contributed by atoms with E-state index in [0.717, 1.165) is 49.2 Å². The van der Waals surface area contributed by atoms with Crippen LogP contribution in [0, 0.1) is 6.92 Å². The molecule has 8 heteroatoms. The first-order valence-electron chi connectivity index (χ1n) is 8.39. The minimum atomic E-state index is 0. The summed E-state index contributed by atoms with van der Waals surface area (Å²) in [5.41, 5.74) is 2.32. The summed E-state index contributed by atoms with van der Waals surface area (Å²) in [4.78, 5) is 2.11. The topological polar surface area (TPSA) is 63.8 Å². The zero-order valence-corrected chi connectivity index (χ0v) is 15.9. The quantitative estimate of drug-likeness (QED) is 0.888. The van der Waals surface area contributed by atoms with Crippen molar-refractivity contribution >= 4 is 18.2 Å². The molecule has 0 unspecified atom stereocenters. The maximum atomic E-state index is 4.53. The molecule has 3 rings (SSSR count). The third-order valence-corrected chi connectivity index (χ3v) is 4.51. The van der Waals surface area contributed by atoms with E-state index in [-0.39, 0.29) is 12.4 Å². The molecule has 0 amide bonds. The Hall–Kier alpha value is -1.60. The summed E-state index contributed by atoms with van der Waals surface area (Å²) >= 11 is 0. The molecule has 2 aromatic rings. The van der Waals surface area contributed by atoms with Crippen molar-refractivity contribution in [3.8, 4) is 0 Å². The van der Waals surface area contributed by atoms with E-state index in [0.29, 0.717) is 0 Å². The van der Waals surface area contributed by atoms with Crippen LogP contribution >= 0.6 is 12.4 Å². The highest BCUT2D eigenvalue weighted by molar-refractivity contribution is 5.85.